The van der Waals surface area contributed by atoms with E-state index >= 15 is 0 Å². The molecule has 1 unspecified atom stereocenters. The molecule has 0 aliphatic heterocycles. The standard InChI is InChI=1S/C26H45NO2/c1-17(9-14-24(29)27(4)5)20-12-13-21-19-11-10-18-8-6-7-15-25(18,2)22(19)16-23(28)26(20,21)3/h17-23,28H,6-16H2,1-5H3/t17-,18+,19+,20-,21+,22?,23+,25+,26-/m1/s1. The van der Waals surface area contributed by atoms with Gasteiger partial charge in [-0.15, -0.1) is 0 Å². The zero-order valence-corrected chi connectivity index (χ0v) is 19.6. The third-order valence-corrected chi connectivity index (χ3v) is 10.8. The minimum atomic E-state index is -0.161. The molecule has 4 aliphatic rings. The van der Waals surface area contributed by atoms with E-state index in [1.54, 1.807) is 4.90 Å². The second-order valence-electron chi connectivity index (χ2n) is 12.0. The molecule has 0 aromatic rings. The summed E-state index contributed by atoms with van der Waals surface area (Å²) in [5, 5.41) is 11.6. The number of aliphatic hydroxyl groups excluding tert-OH is 1. The van der Waals surface area contributed by atoms with E-state index in [1.807, 2.05) is 14.1 Å². The molecule has 4 fully saturated rings. The zero-order chi connectivity index (χ0) is 21.0. The number of carbonyl (C=O) groups excluding carboxylic acids is 1. The smallest absolute Gasteiger partial charge is 0.222 e. The summed E-state index contributed by atoms with van der Waals surface area (Å²) in [6.45, 7) is 7.36. The Morgan fingerprint density at radius 2 is 1.83 bits per heavy atom. The molecular formula is C26H45NO2. The third-order valence-electron chi connectivity index (χ3n) is 10.8. The predicted molar refractivity (Wildman–Crippen MR) is 118 cm³/mol. The molecule has 0 bridgehead atoms. The highest BCUT2D eigenvalue weighted by molar-refractivity contribution is 5.75. The van der Waals surface area contributed by atoms with Gasteiger partial charge >= 0.3 is 0 Å². The molecule has 4 rings (SSSR count). The van der Waals surface area contributed by atoms with Crippen molar-refractivity contribution in [1.29, 1.82) is 0 Å². The lowest BCUT2D eigenvalue weighted by atomic mass is 9.44. The van der Waals surface area contributed by atoms with Gasteiger partial charge in [-0.2, -0.15) is 0 Å². The summed E-state index contributed by atoms with van der Waals surface area (Å²) in [6, 6.07) is 0. The van der Waals surface area contributed by atoms with Crippen LogP contribution in [0.25, 0.3) is 0 Å². The van der Waals surface area contributed by atoms with Crippen LogP contribution < -0.4 is 0 Å². The highest BCUT2D eigenvalue weighted by atomic mass is 16.3. The summed E-state index contributed by atoms with van der Waals surface area (Å²) >= 11 is 0. The molecule has 0 heterocycles. The van der Waals surface area contributed by atoms with E-state index in [4.69, 9.17) is 0 Å². The Hall–Kier alpha value is -0.570. The lowest BCUT2D eigenvalue weighted by molar-refractivity contribution is -0.168. The van der Waals surface area contributed by atoms with E-state index in [0.717, 1.165) is 30.6 Å². The Morgan fingerprint density at radius 3 is 2.55 bits per heavy atom. The van der Waals surface area contributed by atoms with Crippen LogP contribution in [0.4, 0.5) is 0 Å². The molecular weight excluding hydrogens is 358 g/mol. The van der Waals surface area contributed by atoms with Gasteiger partial charge in [0, 0.05) is 20.5 Å². The quantitative estimate of drug-likeness (QED) is 0.672. The van der Waals surface area contributed by atoms with Gasteiger partial charge in [0.05, 0.1) is 6.10 Å². The Balaban J connectivity index is 1.52. The van der Waals surface area contributed by atoms with Gasteiger partial charge in [-0.1, -0.05) is 33.6 Å². The number of fused-ring (bicyclic) bond motifs is 5. The SMILES string of the molecule is C[C@H](CCC(=O)N(C)C)[C@H]1CC[C@H]2[C@@H]3CC[C@@H]4CCCC[C@]4(C)C3C[C@H](O)[C@]12C. The number of hydrogen-bond acceptors (Lipinski definition) is 2. The molecule has 9 atom stereocenters. The van der Waals surface area contributed by atoms with Crippen molar-refractivity contribution in [2.75, 3.05) is 14.1 Å². The molecule has 3 heteroatoms. The molecule has 0 aromatic carbocycles. The van der Waals surface area contributed by atoms with Crippen LogP contribution in [0.2, 0.25) is 0 Å². The van der Waals surface area contributed by atoms with E-state index in [9.17, 15) is 9.90 Å². The fourth-order valence-corrected chi connectivity index (χ4v) is 9.00. The van der Waals surface area contributed by atoms with Crippen LogP contribution in [0.5, 0.6) is 0 Å². The van der Waals surface area contributed by atoms with Crippen LogP contribution in [0.3, 0.4) is 0 Å². The maximum atomic E-state index is 12.1. The first kappa shape index (κ1) is 21.7. The average molecular weight is 404 g/mol. The van der Waals surface area contributed by atoms with Gasteiger partial charge in [-0.05, 0) is 97.7 Å². The summed E-state index contributed by atoms with van der Waals surface area (Å²) < 4.78 is 0. The summed E-state index contributed by atoms with van der Waals surface area (Å²) in [5.74, 6) is 4.47. The largest absolute Gasteiger partial charge is 0.393 e. The van der Waals surface area contributed by atoms with Crippen LogP contribution in [0.1, 0.15) is 91.4 Å². The Kier molecular flexibility index (Phi) is 5.86. The molecule has 0 spiro atoms. The van der Waals surface area contributed by atoms with Crippen LogP contribution in [0.15, 0.2) is 0 Å². The van der Waals surface area contributed by atoms with Crippen molar-refractivity contribution in [3.8, 4) is 0 Å². The van der Waals surface area contributed by atoms with Crippen molar-refractivity contribution in [2.24, 2.45) is 46.3 Å². The monoisotopic (exact) mass is 403 g/mol. The molecule has 0 radical (unpaired) electrons. The second-order valence-corrected chi connectivity index (χ2v) is 12.0. The number of amides is 1. The molecule has 4 aliphatic carbocycles. The maximum absolute atomic E-state index is 12.1. The van der Waals surface area contributed by atoms with Gasteiger partial charge in [0.1, 0.15) is 0 Å². The number of nitrogens with zero attached hydrogens (tertiary/aromatic N) is 1. The third kappa shape index (κ3) is 3.38. The summed E-state index contributed by atoms with van der Waals surface area (Å²) in [7, 11) is 3.71. The molecule has 4 saturated carbocycles. The van der Waals surface area contributed by atoms with Gasteiger partial charge in [0.15, 0.2) is 0 Å². The van der Waals surface area contributed by atoms with Gasteiger partial charge in [-0.25, -0.2) is 0 Å². The van der Waals surface area contributed by atoms with Gasteiger partial charge in [0.2, 0.25) is 5.91 Å². The predicted octanol–water partition coefficient (Wildman–Crippen LogP) is 5.51. The molecule has 1 amide bonds. The minimum absolute atomic E-state index is 0.0552. The number of carbonyl (C=O) groups is 1. The lowest BCUT2D eigenvalue weighted by Gasteiger charge is -2.62. The van der Waals surface area contributed by atoms with E-state index in [-0.39, 0.29) is 17.4 Å². The van der Waals surface area contributed by atoms with Gasteiger partial charge in [-0.3, -0.25) is 4.79 Å². The maximum Gasteiger partial charge on any atom is 0.222 e. The van der Waals surface area contributed by atoms with Crippen LogP contribution >= 0.6 is 0 Å². The minimum Gasteiger partial charge on any atom is -0.393 e. The molecule has 166 valence electrons. The van der Waals surface area contributed by atoms with Crippen molar-refractivity contribution in [3.05, 3.63) is 0 Å². The lowest BCUT2D eigenvalue weighted by Crippen LogP contribution is -2.58. The van der Waals surface area contributed by atoms with Crippen LogP contribution in [-0.4, -0.2) is 36.1 Å². The second kappa shape index (κ2) is 7.84. The number of hydrogen-bond donors (Lipinski definition) is 1. The average Bonchev–Trinajstić information content (AvgIpc) is 3.05. The summed E-state index contributed by atoms with van der Waals surface area (Å²) in [4.78, 5) is 13.8. The molecule has 0 saturated heterocycles. The van der Waals surface area contributed by atoms with Crippen molar-refractivity contribution in [3.63, 3.8) is 0 Å². The van der Waals surface area contributed by atoms with Crippen LogP contribution in [-0.2, 0) is 4.79 Å². The van der Waals surface area contributed by atoms with Crippen molar-refractivity contribution in [2.45, 2.75) is 97.5 Å². The molecule has 29 heavy (non-hydrogen) atoms. The highest BCUT2D eigenvalue weighted by Gasteiger charge is 2.63. The van der Waals surface area contributed by atoms with Crippen molar-refractivity contribution in [1.82, 2.24) is 4.90 Å². The Labute approximate surface area is 179 Å². The van der Waals surface area contributed by atoms with Gasteiger partial charge in [0.25, 0.3) is 0 Å². The van der Waals surface area contributed by atoms with E-state index in [0.29, 0.717) is 29.6 Å². The molecule has 0 aromatic heterocycles. The normalized spacial score (nSPS) is 47.7. The number of aliphatic hydroxyl groups is 1. The highest BCUT2D eigenvalue weighted by Crippen LogP contribution is 2.68. The van der Waals surface area contributed by atoms with E-state index < -0.39 is 0 Å². The van der Waals surface area contributed by atoms with Crippen molar-refractivity contribution >= 4 is 5.91 Å². The van der Waals surface area contributed by atoms with Crippen molar-refractivity contribution < 1.29 is 9.90 Å². The first-order valence-corrected chi connectivity index (χ1v) is 12.6. The zero-order valence-electron chi connectivity index (χ0n) is 19.6. The fraction of sp³-hybridized carbons (Fsp3) is 0.962. The van der Waals surface area contributed by atoms with Crippen LogP contribution in [0, 0.1) is 46.3 Å². The molecule has 3 nitrogen and oxygen atoms in total. The summed E-state index contributed by atoms with van der Waals surface area (Å²) in [5.41, 5.74) is 0.533. The number of rotatable bonds is 4. The van der Waals surface area contributed by atoms with Gasteiger partial charge < -0.3 is 10.0 Å². The molecule has 1 N–H and O–H groups in total. The summed E-state index contributed by atoms with van der Waals surface area (Å²) in [6.07, 6.45) is 13.5. The first-order valence-electron chi connectivity index (χ1n) is 12.6. The first-order chi connectivity index (χ1) is 13.7. The van der Waals surface area contributed by atoms with E-state index in [2.05, 4.69) is 20.8 Å². The topological polar surface area (TPSA) is 40.5 Å². The Bertz CT molecular complexity index is 618. The fourth-order valence-electron chi connectivity index (χ4n) is 9.00. The Morgan fingerprint density at radius 1 is 1.07 bits per heavy atom. The van der Waals surface area contributed by atoms with E-state index in [1.165, 1.54) is 51.4 Å².